The Morgan fingerprint density at radius 1 is 1.12 bits per heavy atom. The standard InChI is InChI=1S/C20H32N2O3S/c1-13(2)11-19(23)22-9-7-18(8-10-22)21-26(24,25)20-16(5)14(3)12-15(4)17(20)6/h12-13,18,21H,7-11H2,1-6H3. The van der Waals surface area contributed by atoms with Gasteiger partial charge in [-0.3, -0.25) is 4.79 Å². The zero-order valence-electron chi connectivity index (χ0n) is 16.8. The molecule has 6 heteroatoms. The summed E-state index contributed by atoms with van der Waals surface area (Å²) in [4.78, 5) is 14.4. The van der Waals surface area contributed by atoms with Crippen LogP contribution in [0.25, 0.3) is 0 Å². The molecule has 1 fully saturated rings. The van der Waals surface area contributed by atoms with Crippen LogP contribution in [0.5, 0.6) is 0 Å². The van der Waals surface area contributed by atoms with Crippen molar-refractivity contribution in [3.8, 4) is 0 Å². The third-order valence-corrected chi connectivity index (χ3v) is 7.11. The number of amides is 1. The molecule has 1 saturated heterocycles. The van der Waals surface area contributed by atoms with Crippen molar-refractivity contribution in [1.29, 1.82) is 0 Å². The first kappa shape index (κ1) is 20.9. The first-order valence-electron chi connectivity index (χ1n) is 9.40. The van der Waals surface area contributed by atoms with Gasteiger partial charge in [-0.15, -0.1) is 0 Å². The van der Waals surface area contributed by atoms with Crippen LogP contribution < -0.4 is 4.72 Å². The maximum atomic E-state index is 13.0. The highest BCUT2D eigenvalue weighted by Crippen LogP contribution is 2.27. The van der Waals surface area contributed by atoms with Crippen LogP contribution >= 0.6 is 0 Å². The fourth-order valence-electron chi connectivity index (χ4n) is 3.59. The van der Waals surface area contributed by atoms with Gasteiger partial charge < -0.3 is 4.90 Å². The van der Waals surface area contributed by atoms with Crippen molar-refractivity contribution in [3.05, 3.63) is 28.3 Å². The van der Waals surface area contributed by atoms with Crippen molar-refractivity contribution in [1.82, 2.24) is 9.62 Å². The number of nitrogens with zero attached hydrogens (tertiary/aromatic N) is 1. The average Bonchev–Trinajstić information content (AvgIpc) is 2.52. The first-order valence-corrected chi connectivity index (χ1v) is 10.9. The predicted octanol–water partition coefficient (Wildman–Crippen LogP) is 3.24. The Kier molecular flexibility index (Phi) is 6.51. The molecule has 0 unspecified atom stereocenters. The van der Waals surface area contributed by atoms with Crippen molar-refractivity contribution >= 4 is 15.9 Å². The minimum absolute atomic E-state index is 0.122. The van der Waals surface area contributed by atoms with Gasteiger partial charge >= 0.3 is 0 Å². The van der Waals surface area contributed by atoms with Crippen LogP contribution in [-0.4, -0.2) is 38.4 Å². The van der Waals surface area contributed by atoms with Crippen LogP contribution in [-0.2, 0) is 14.8 Å². The molecule has 146 valence electrons. The van der Waals surface area contributed by atoms with E-state index < -0.39 is 10.0 Å². The third-order valence-electron chi connectivity index (χ3n) is 5.32. The minimum atomic E-state index is -3.58. The summed E-state index contributed by atoms with van der Waals surface area (Å²) in [5.74, 6) is 0.511. The number of nitrogens with one attached hydrogen (secondary N) is 1. The van der Waals surface area contributed by atoms with Crippen LogP contribution in [0.1, 0.15) is 55.4 Å². The van der Waals surface area contributed by atoms with Crippen LogP contribution in [0, 0.1) is 33.6 Å². The van der Waals surface area contributed by atoms with Crippen molar-refractivity contribution in [2.75, 3.05) is 13.1 Å². The maximum absolute atomic E-state index is 13.0. The molecule has 1 heterocycles. The van der Waals surface area contributed by atoms with E-state index in [9.17, 15) is 13.2 Å². The summed E-state index contributed by atoms with van der Waals surface area (Å²) >= 11 is 0. The van der Waals surface area contributed by atoms with Gasteiger partial charge in [0.15, 0.2) is 0 Å². The lowest BCUT2D eigenvalue weighted by molar-refractivity contribution is -0.133. The van der Waals surface area contributed by atoms with Gasteiger partial charge in [-0.05, 0) is 68.7 Å². The molecule has 1 aliphatic heterocycles. The van der Waals surface area contributed by atoms with Crippen molar-refractivity contribution in [3.63, 3.8) is 0 Å². The van der Waals surface area contributed by atoms with E-state index in [4.69, 9.17) is 0 Å². The summed E-state index contributed by atoms with van der Waals surface area (Å²) < 4.78 is 28.9. The largest absolute Gasteiger partial charge is 0.343 e. The second kappa shape index (κ2) is 8.09. The molecule has 0 radical (unpaired) electrons. The van der Waals surface area contributed by atoms with E-state index in [1.807, 2.05) is 52.5 Å². The summed E-state index contributed by atoms with van der Waals surface area (Å²) in [6, 6.07) is 1.91. The van der Waals surface area contributed by atoms with Gasteiger partial charge in [-0.1, -0.05) is 19.9 Å². The monoisotopic (exact) mass is 380 g/mol. The van der Waals surface area contributed by atoms with Crippen LogP contribution in [0.2, 0.25) is 0 Å². The zero-order valence-corrected chi connectivity index (χ0v) is 17.7. The quantitative estimate of drug-likeness (QED) is 0.853. The van der Waals surface area contributed by atoms with Gasteiger partial charge in [-0.2, -0.15) is 0 Å². The topological polar surface area (TPSA) is 66.5 Å². The van der Waals surface area contributed by atoms with Gasteiger partial charge in [0.2, 0.25) is 15.9 Å². The number of carbonyl (C=O) groups excluding carboxylic acids is 1. The Morgan fingerprint density at radius 3 is 2.08 bits per heavy atom. The Balaban J connectivity index is 2.10. The summed E-state index contributed by atoms with van der Waals surface area (Å²) in [6.07, 6.45) is 1.87. The number of hydrogen-bond donors (Lipinski definition) is 1. The highest BCUT2D eigenvalue weighted by atomic mass is 32.2. The lowest BCUT2D eigenvalue weighted by Gasteiger charge is -2.33. The Morgan fingerprint density at radius 2 is 1.62 bits per heavy atom. The van der Waals surface area contributed by atoms with Gasteiger partial charge in [0.05, 0.1) is 4.90 Å². The Labute approximate surface area is 158 Å². The fraction of sp³-hybridized carbons (Fsp3) is 0.650. The van der Waals surface area contributed by atoms with E-state index in [0.29, 0.717) is 43.2 Å². The molecule has 0 spiro atoms. The van der Waals surface area contributed by atoms with Crippen molar-refractivity contribution in [2.45, 2.75) is 71.7 Å². The van der Waals surface area contributed by atoms with E-state index in [1.165, 1.54) is 0 Å². The molecule has 5 nitrogen and oxygen atoms in total. The van der Waals surface area contributed by atoms with Gasteiger partial charge in [0.25, 0.3) is 0 Å². The summed E-state index contributed by atoms with van der Waals surface area (Å²) in [7, 11) is -3.58. The zero-order chi connectivity index (χ0) is 19.6. The van der Waals surface area contributed by atoms with E-state index in [0.717, 1.165) is 22.3 Å². The van der Waals surface area contributed by atoms with Gasteiger partial charge in [0, 0.05) is 25.6 Å². The SMILES string of the molecule is Cc1cc(C)c(C)c(S(=O)(=O)NC2CCN(C(=O)CC(C)C)CC2)c1C. The van der Waals surface area contributed by atoms with Gasteiger partial charge in [0.1, 0.15) is 0 Å². The molecule has 1 N–H and O–H groups in total. The molecular weight excluding hydrogens is 348 g/mol. The predicted molar refractivity (Wildman–Crippen MR) is 105 cm³/mol. The number of piperidine rings is 1. The summed E-state index contributed by atoms with van der Waals surface area (Å²) in [5.41, 5.74) is 3.60. The van der Waals surface area contributed by atoms with Crippen molar-refractivity contribution in [2.24, 2.45) is 5.92 Å². The number of hydrogen-bond acceptors (Lipinski definition) is 3. The molecule has 2 rings (SSSR count). The smallest absolute Gasteiger partial charge is 0.241 e. The summed E-state index contributed by atoms with van der Waals surface area (Å²) in [6.45, 7) is 12.9. The fourth-order valence-corrected chi connectivity index (χ4v) is 5.51. The average molecular weight is 381 g/mol. The molecule has 0 bridgehead atoms. The van der Waals surface area contributed by atoms with E-state index in [1.54, 1.807) is 0 Å². The highest BCUT2D eigenvalue weighted by Gasteiger charge is 2.29. The molecule has 0 aliphatic carbocycles. The second-order valence-electron chi connectivity index (χ2n) is 7.96. The van der Waals surface area contributed by atoms with E-state index in [2.05, 4.69) is 4.72 Å². The highest BCUT2D eigenvalue weighted by molar-refractivity contribution is 7.89. The van der Waals surface area contributed by atoms with E-state index >= 15 is 0 Å². The molecular formula is C20H32N2O3S. The Bertz CT molecular complexity index is 750. The number of rotatable bonds is 5. The normalized spacial score (nSPS) is 16.3. The number of likely N-dealkylation sites (tertiary alicyclic amines) is 1. The maximum Gasteiger partial charge on any atom is 0.241 e. The number of benzene rings is 1. The molecule has 0 aromatic heterocycles. The second-order valence-corrected chi connectivity index (χ2v) is 9.61. The number of aryl methyl sites for hydroxylation is 2. The molecule has 0 atom stereocenters. The van der Waals surface area contributed by atoms with Gasteiger partial charge in [-0.25, -0.2) is 13.1 Å². The minimum Gasteiger partial charge on any atom is -0.343 e. The first-order chi connectivity index (χ1) is 12.0. The van der Waals surface area contributed by atoms with Crippen molar-refractivity contribution < 1.29 is 13.2 Å². The molecule has 1 amide bonds. The van der Waals surface area contributed by atoms with Crippen LogP contribution in [0.4, 0.5) is 0 Å². The molecule has 1 aromatic carbocycles. The van der Waals surface area contributed by atoms with Crippen LogP contribution in [0.15, 0.2) is 11.0 Å². The molecule has 1 aromatic rings. The molecule has 0 saturated carbocycles. The number of sulfonamides is 1. The molecule has 26 heavy (non-hydrogen) atoms. The van der Waals surface area contributed by atoms with E-state index in [-0.39, 0.29) is 11.9 Å². The lowest BCUT2D eigenvalue weighted by Crippen LogP contribution is -2.46. The summed E-state index contributed by atoms with van der Waals surface area (Å²) in [5, 5.41) is 0. The Hall–Kier alpha value is -1.40. The number of carbonyl (C=O) groups is 1. The third kappa shape index (κ3) is 4.65. The van der Waals surface area contributed by atoms with Crippen LogP contribution in [0.3, 0.4) is 0 Å². The lowest BCUT2D eigenvalue weighted by atomic mass is 10.0. The molecule has 1 aliphatic rings.